The van der Waals surface area contributed by atoms with Crippen LogP contribution in [0.1, 0.15) is 25.3 Å². The van der Waals surface area contributed by atoms with Gasteiger partial charge in [0.1, 0.15) is 0 Å². The lowest BCUT2D eigenvalue weighted by molar-refractivity contribution is -0.914. The molecule has 3 rings (SSSR count). The summed E-state index contributed by atoms with van der Waals surface area (Å²) >= 11 is 0. The highest BCUT2D eigenvalue weighted by atomic mass is 16.2. The number of hydrogen-bond donors (Lipinski definition) is 2. The molecule has 1 aromatic rings. The summed E-state index contributed by atoms with van der Waals surface area (Å²) in [7, 11) is 0. The van der Waals surface area contributed by atoms with Crippen molar-refractivity contribution in [2.45, 2.75) is 38.8 Å². The molecule has 1 aliphatic heterocycles. The van der Waals surface area contributed by atoms with Gasteiger partial charge in [-0.2, -0.15) is 0 Å². The molecule has 1 saturated carbocycles. The summed E-state index contributed by atoms with van der Waals surface area (Å²) in [5.41, 5.74) is 2.67. The number of piperazine rings is 1. The van der Waals surface area contributed by atoms with Crippen molar-refractivity contribution >= 4 is 11.6 Å². The Morgan fingerprint density at radius 2 is 1.95 bits per heavy atom. The lowest BCUT2D eigenvalue weighted by Gasteiger charge is -2.36. The summed E-state index contributed by atoms with van der Waals surface area (Å²) < 4.78 is 0. The first-order chi connectivity index (χ1) is 10.1. The maximum Gasteiger partial charge on any atom is 0.278 e. The van der Waals surface area contributed by atoms with Crippen LogP contribution in [-0.4, -0.2) is 44.2 Å². The topological polar surface area (TPSA) is 36.8 Å². The van der Waals surface area contributed by atoms with Crippen LogP contribution < -0.4 is 15.1 Å². The highest BCUT2D eigenvalue weighted by Gasteiger charge is 2.32. The molecule has 0 aromatic heterocycles. The number of hydrogen-bond acceptors (Lipinski definition) is 2. The second kappa shape index (κ2) is 6.06. The minimum absolute atomic E-state index is 0.0737. The van der Waals surface area contributed by atoms with Crippen molar-refractivity contribution in [1.82, 2.24) is 5.32 Å². The number of benzene rings is 1. The summed E-state index contributed by atoms with van der Waals surface area (Å²) in [6.07, 6.45) is 2.32. The van der Waals surface area contributed by atoms with E-state index in [1.165, 1.54) is 16.2 Å². The van der Waals surface area contributed by atoms with Gasteiger partial charge in [0.15, 0.2) is 6.04 Å². The van der Waals surface area contributed by atoms with Crippen molar-refractivity contribution in [1.29, 1.82) is 0 Å². The molecule has 1 aromatic carbocycles. The van der Waals surface area contributed by atoms with Crippen molar-refractivity contribution in [3.63, 3.8) is 0 Å². The zero-order valence-corrected chi connectivity index (χ0v) is 13.1. The summed E-state index contributed by atoms with van der Waals surface area (Å²) in [4.78, 5) is 16.0. The molecular weight excluding hydrogens is 262 g/mol. The summed E-state index contributed by atoms with van der Waals surface area (Å²) in [5, 5.41) is 3.13. The Hall–Kier alpha value is -1.55. The monoisotopic (exact) mass is 288 g/mol. The Morgan fingerprint density at radius 3 is 2.57 bits per heavy atom. The molecule has 2 N–H and O–H groups in total. The first-order valence-corrected chi connectivity index (χ1v) is 8.10. The third kappa shape index (κ3) is 3.38. The Kier molecular flexibility index (Phi) is 4.15. The van der Waals surface area contributed by atoms with Gasteiger partial charge in [0, 0.05) is 11.7 Å². The van der Waals surface area contributed by atoms with Gasteiger partial charge in [0.2, 0.25) is 0 Å². The molecule has 1 amide bonds. The molecule has 4 heteroatoms. The van der Waals surface area contributed by atoms with Crippen LogP contribution in [0.3, 0.4) is 0 Å². The van der Waals surface area contributed by atoms with Gasteiger partial charge >= 0.3 is 0 Å². The van der Waals surface area contributed by atoms with Crippen LogP contribution in [0.25, 0.3) is 0 Å². The fourth-order valence-corrected chi connectivity index (χ4v) is 3.13. The maximum absolute atomic E-state index is 12.2. The molecule has 0 bridgehead atoms. The molecule has 0 unspecified atom stereocenters. The van der Waals surface area contributed by atoms with Gasteiger partial charge in [-0.1, -0.05) is 18.2 Å². The van der Waals surface area contributed by atoms with E-state index in [4.69, 9.17) is 0 Å². The van der Waals surface area contributed by atoms with Crippen LogP contribution in [0.2, 0.25) is 0 Å². The predicted octanol–water partition coefficient (Wildman–Crippen LogP) is 0.367. The Bertz CT molecular complexity index is 505. The summed E-state index contributed by atoms with van der Waals surface area (Å²) in [6.45, 7) is 8.36. The van der Waals surface area contributed by atoms with E-state index in [-0.39, 0.29) is 11.9 Å². The molecular formula is C17H26N3O+. The summed E-state index contributed by atoms with van der Waals surface area (Å²) in [5.74, 6) is 0.233. The molecule has 0 spiro atoms. The maximum atomic E-state index is 12.2. The number of rotatable bonds is 4. The smallest absolute Gasteiger partial charge is 0.278 e. The Balaban J connectivity index is 1.54. The summed E-state index contributed by atoms with van der Waals surface area (Å²) in [6, 6.07) is 9.10. The minimum atomic E-state index is 0.0737. The predicted molar refractivity (Wildman–Crippen MR) is 84.7 cm³/mol. The molecule has 1 aliphatic carbocycles. The minimum Gasteiger partial charge on any atom is -0.360 e. The van der Waals surface area contributed by atoms with Crippen molar-refractivity contribution in [3.8, 4) is 0 Å². The molecule has 0 radical (unpaired) electrons. The standard InChI is InChI=1S/C17H25N3O/c1-13-5-3-4-6-16(13)20-11-9-19(10-12-20)14(2)17(21)18-15-7-8-15/h3-6,14-15H,7-12H2,1-2H3,(H,18,21)/p+1/t14-/m0/s1. The van der Waals surface area contributed by atoms with Gasteiger partial charge in [-0.15, -0.1) is 0 Å². The SMILES string of the molecule is Cc1ccccc1N1CC[NH+]([C@@H](C)C(=O)NC2CC2)CC1. The van der Waals surface area contributed by atoms with E-state index in [9.17, 15) is 4.79 Å². The van der Waals surface area contributed by atoms with Gasteiger partial charge in [-0.25, -0.2) is 0 Å². The number of carbonyl (C=O) groups is 1. The molecule has 1 saturated heterocycles. The van der Waals surface area contributed by atoms with Gasteiger partial charge < -0.3 is 15.1 Å². The number of nitrogens with zero attached hydrogens (tertiary/aromatic N) is 1. The van der Waals surface area contributed by atoms with E-state index >= 15 is 0 Å². The molecule has 114 valence electrons. The quantitative estimate of drug-likeness (QED) is 0.840. The van der Waals surface area contributed by atoms with Crippen LogP contribution in [0.5, 0.6) is 0 Å². The fourth-order valence-electron chi connectivity index (χ4n) is 3.13. The third-order valence-electron chi connectivity index (χ3n) is 4.79. The highest BCUT2D eigenvalue weighted by molar-refractivity contribution is 5.80. The van der Waals surface area contributed by atoms with Gasteiger partial charge in [-0.05, 0) is 38.3 Å². The first kappa shape index (κ1) is 14.4. The zero-order chi connectivity index (χ0) is 14.8. The van der Waals surface area contributed by atoms with Crippen molar-refractivity contribution in [3.05, 3.63) is 29.8 Å². The number of aryl methyl sites for hydroxylation is 1. The average Bonchev–Trinajstić information content (AvgIpc) is 3.31. The van der Waals surface area contributed by atoms with Crippen LogP contribution in [0.15, 0.2) is 24.3 Å². The van der Waals surface area contributed by atoms with E-state index in [0.717, 1.165) is 39.0 Å². The lowest BCUT2D eigenvalue weighted by Crippen LogP contribution is -3.19. The molecule has 1 atom stereocenters. The lowest BCUT2D eigenvalue weighted by atomic mass is 10.1. The van der Waals surface area contributed by atoms with E-state index in [0.29, 0.717) is 6.04 Å². The highest BCUT2D eigenvalue weighted by Crippen LogP contribution is 2.19. The van der Waals surface area contributed by atoms with Crippen LogP contribution in [0, 0.1) is 6.92 Å². The van der Waals surface area contributed by atoms with Crippen LogP contribution in [-0.2, 0) is 4.79 Å². The zero-order valence-electron chi connectivity index (χ0n) is 13.1. The number of carbonyl (C=O) groups excluding carboxylic acids is 1. The number of nitrogens with one attached hydrogen (secondary N) is 2. The number of para-hydroxylation sites is 1. The van der Waals surface area contributed by atoms with Crippen molar-refractivity contribution in [2.24, 2.45) is 0 Å². The fraction of sp³-hybridized carbons (Fsp3) is 0.588. The molecule has 21 heavy (non-hydrogen) atoms. The second-order valence-electron chi connectivity index (χ2n) is 6.44. The number of quaternary nitrogens is 1. The van der Waals surface area contributed by atoms with E-state index in [1.807, 2.05) is 0 Å². The van der Waals surface area contributed by atoms with Gasteiger partial charge in [0.25, 0.3) is 5.91 Å². The van der Waals surface area contributed by atoms with Gasteiger partial charge in [-0.3, -0.25) is 4.79 Å². The van der Waals surface area contributed by atoms with Crippen LogP contribution >= 0.6 is 0 Å². The second-order valence-corrected chi connectivity index (χ2v) is 6.44. The number of anilines is 1. The third-order valence-corrected chi connectivity index (χ3v) is 4.79. The molecule has 1 heterocycles. The first-order valence-electron chi connectivity index (χ1n) is 8.10. The number of amides is 1. The Labute approximate surface area is 127 Å². The van der Waals surface area contributed by atoms with E-state index < -0.39 is 0 Å². The van der Waals surface area contributed by atoms with E-state index in [2.05, 4.69) is 48.3 Å². The molecule has 2 fully saturated rings. The average molecular weight is 288 g/mol. The van der Waals surface area contributed by atoms with Crippen molar-refractivity contribution < 1.29 is 9.69 Å². The molecule has 2 aliphatic rings. The Morgan fingerprint density at radius 1 is 1.29 bits per heavy atom. The van der Waals surface area contributed by atoms with Crippen LogP contribution in [0.4, 0.5) is 5.69 Å². The molecule has 4 nitrogen and oxygen atoms in total. The van der Waals surface area contributed by atoms with Crippen molar-refractivity contribution in [2.75, 3.05) is 31.1 Å². The van der Waals surface area contributed by atoms with Gasteiger partial charge in [0.05, 0.1) is 26.2 Å². The normalized spacial score (nSPS) is 21.1. The van der Waals surface area contributed by atoms with E-state index in [1.54, 1.807) is 0 Å². The largest absolute Gasteiger partial charge is 0.360 e.